The molecule has 0 N–H and O–H groups in total. The summed E-state index contributed by atoms with van der Waals surface area (Å²) in [5.74, 6) is 2.08. The van der Waals surface area contributed by atoms with Gasteiger partial charge in [0, 0.05) is 11.1 Å². The molecule has 0 amide bonds. The Kier molecular flexibility index (Phi) is 6.64. The van der Waals surface area contributed by atoms with E-state index in [0.29, 0.717) is 16.9 Å². The molecule has 43 heavy (non-hydrogen) atoms. The van der Waals surface area contributed by atoms with E-state index >= 15 is 0 Å². The highest BCUT2D eigenvalue weighted by atomic mass is 16.5. The Morgan fingerprint density at radius 1 is 0.512 bits per heavy atom. The summed E-state index contributed by atoms with van der Waals surface area (Å²) in [7, 11) is 1.61. The molecule has 0 spiro atoms. The van der Waals surface area contributed by atoms with Crippen LogP contribution in [0, 0.1) is 6.92 Å². The molecule has 3 nitrogen and oxygen atoms in total. The molecule has 6 aromatic carbocycles. The third-order valence-electron chi connectivity index (χ3n) is 8.43. The van der Waals surface area contributed by atoms with Gasteiger partial charge < -0.3 is 9.47 Å². The number of ketones is 1. The first-order valence-electron chi connectivity index (χ1n) is 14.4. The highest BCUT2D eigenvalue weighted by molar-refractivity contribution is 6.09. The number of fused-ring (bicyclic) bond motifs is 3. The van der Waals surface area contributed by atoms with Gasteiger partial charge in [-0.05, 0) is 101 Å². The van der Waals surface area contributed by atoms with Gasteiger partial charge in [0.25, 0.3) is 0 Å². The van der Waals surface area contributed by atoms with Gasteiger partial charge >= 0.3 is 0 Å². The van der Waals surface area contributed by atoms with Gasteiger partial charge in [0.1, 0.15) is 17.2 Å². The number of rotatable bonds is 7. The van der Waals surface area contributed by atoms with E-state index in [9.17, 15) is 4.79 Å². The lowest BCUT2D eigenvalue weighted by Gasteiger charge is -2.34. The van der Waals surface area contributed by atoms with Crippen LogP contribution in [0.1, 0.15) is 43.7 Å². The monoisotopic (exact) mass is 558 g/mol. The van der Waals surface area contributed by atoms with E-state index in [1.807, 2.05) is 24.3 Å². The standard InChI is InChI=1S/C40H30O3/c1-27-11-17-30(18-12-27)40(37-9-5-3-7-35(37)36-8-4-6-10-38(36)40)31-19-25-34(26-20-31)43-33-23-15-29(16-24-33)39(41)28-13-21-32(42-2)22-14-28/h3-26H,1-2H3. The number of hydrogen-bond acceptors (Lipinski definition) is 3. The van der Waals surface area contributed by atoms with Crippen LogP contribution in [0.2, 0.25) is 0 Å². The minimum atomic E-state index is -0.442. The van der Waals surface area contributed by atoms with Crippen LogP contribution in [0.3, 0.4) is 0 Å². The molecule has 0 heterocycles. The number of benzene rings is 6. The van der Waals surface area contributed by atoms with Crippen LogP contribution in [0.15, 0.2) is 146 Å². The van der Waals surface area contributed by atoms with Gasteiger partial charge in [0.15, 0.2) is 5.78 Å². The topological polar surface area (TPSA) is 35.5 Å². The molecule has 0 aliphatic heterocycles. The molecule has 0 saturated heterocycles. The summed E-state index contributed by atoms with van der Waals surface area (Å²) in [6.45, 7) is 2.13. The van der Waals surface area contributed by atoms with Crippen molar-refractivity contribution in [1.29, 1.82) is 0 Å². The average Bonchev–Trinajstić information content (AvgIpc) is 3.37. The number of aryl methyl sites for hydroxylation is 1. The molecule has 0 bridgehead atoms. The van der Waals surface area contributed by atoms with Crippen molar-refractivity contribution < 1.29 is 14.3 Å². The van der Waals surface area contributed by atoms with Gasteiger partial charge in [-0.15, -0.1) is 0 Å². The first-order valence-corrected chi connectivity index (χ1v) is 14.4. The third-order valence-corrected chi connectivity index (χ3v) is 8.43. The van der Waals surface area contributed by atoms with E-state index < -0.39 is 5.41 Å². The molecule has 3 heteroatoms. The van der Waals surface area contributed by atoms with Crippen LogP contribution < -0.4 is 9.47 Å². The summed E-state index contributed by atoms with van der Waals surface area (Å²) in [6, 6.07) is 49.2. The quantitative estimate of drug-likeness (QED) is 0.183. The molecule has 1 aliphatic carbocycles. The predicted molar refractivity (Wildman–Crippen MR) is 171 cm³/mol. The van der Waals surface area contributed by atoms with Gasteiger partial charge in [-0.1, -0.05) is 90.5 Å². The van der Waals surface area contributed by atoms with Gasteiger partial charge in [0.05, 0.1) is 12.5 Å². The number of ether oxygens (including phenoxy) is 2. The third kappa shape index (κ3) is 4.50. The molecule has 0 saturated carbocycles. The minimum absolute atomic E-state index is 0.0444. The molecule has 208 valence electrons. The summed E-state index contributed by atoms with van der Waals surface area (Å²) < 4.78 is 11.4. The van der Waals surface area contributed by atoms with Crippen LogP contribution in [-0.2, 0) is 5.41 Å². The minimum Gasteiger partial charge on any atom is -0.497 e. The molecule has 7 rings (SSSR count). The lowest BCUT2D eigenvalue weighted by molar-refractivity contribution is 0.103. The van der Waals surface area contributed by atoms with Crippen molar-refractivity contribution >= 4 is 5.78 Å². The molecule has 6 aromatic rings. The van der Waals surface area contributed by atoms with E-state index in [1.165, 1.54) is 38.9 Å². The summed E-state index contributed by atoms with van der Waals surface area (Å²) in [5.41, 5.74) is 9.53. The molecular formula is C40H30O3. The molecule has 0 radical (unpaired) electrons. The zero-order chi connectivity index (χ0) is 29.4. The van der Waals surface area contributed by atoms with E-state index in [4.69, 9.17) is 9.47 Å². The largest absolute Gasteiger partial charge is 0.497 e. The van der Waals surface area contributed by atoms with E-state index in [-0.39, 0.29) is 5.78 Å². The van der Waals surface area contributed by atoms with Crippen molar-refractivity contribution in [3.8, 4) is 28.4 Å². The molecule has 0 aromatic heterocycles. The lowest BCUT2D eigenvalue weighted by atomic mass is 9.67. The lowest BCUT2D eigenvalue weighted by Crippen LogP contribution is -2.28. The maximum atomic E-state index is 12.9. The van der Waals surface area contributed by atoms with Crippen LogP contribution >= 0.6 is 0 Å². The van der Waals surface area contributed by atoms with Crippen LogP contribution in [0.25, 0.3) is 11.1 Å². The number of methoxy groups -OCH3 is 1. The molecular weight excluding hydrogens is 528 g/mol. The zero-order valence-electron chi connectivity index (χ0n) is 24.1. The predicted octanol–water partition coefficient (Wildman–Crippen LogP) is 9.39. The molecule has 0 unspecified atom stereocenters. The van der Waals surface area contributed by atoms with Gasteiger partial charge in [-0.25, -0.2) is 0 Å². The average molecular weight is 559 g/mol. The first-order chi connectivity index (χ1) is 21.1. The first kappa shape index (κ1) is 26.5. The SMILES string of the molecule is COc1ccc(C(=O)c2ccc(Oc3ccc(C4(c5ccc(C)cc5)c5ccccc5-c5ccccc54)cc3)cc2)cc1. The maximum Gasteiger partial charge on any atom is 0.193 e. The normalized spacial score (nSPS) is 12.7. The fourth-order valence-corrected chi connectivity index (χ4v) is 6.32. The van der Waals surface area contributed by atoms with Gasteiger partial charge in [-0.3, -0.25) is 4.79 Å². The second-order valence-electron chi connectivity index (χ2n) is 10.9. The van der Waals surface area contributed by atoms with Crippen LogP contribution in [-0.4, -0.2) is 12.9 Å². The second-order valence-corrected chi connectivity index (χ2v) is 10.9. The number of carbonyl (C=O) groups is 1. The summed E-state index contributed by atoms with van der Waals surface area (Å²) >= 11 is 0. The summed E-state index contributed by atoms with van der Waals surface area (Å²) in [5, 5.41) is 0. The smallest absolute Gasteiger partial charge is 0.193 e. The van der Waals surface area contributed by atoms with Crippen molar-refractivity contribution in [3.05, 3.63) is 185 Å². The summed E-state index contributed by atoms with van der Waals surface area (Å²) in [4.78, 5) is 12.9. The molecule has 1 aliphatic rings. The Hall–Kier alpha value is -5.41. The van der Waals surface area contributed by atoms with Crippen LogP contribution in [0.5, 0.6) is 17.2 Å². The fraction of sp³-hybridized carbons (Fsp3) is 0.0750. The van der Waals surface area contributed by atoms with Crippen LogP contribution in [0.4, 0.5) is 0 Å². The molecule has 0 fully saturated rings. The second kappa shape index (κ2) is 10.8. The van der Waals surface area contributed by atoms with Gasteiger partial charge in [-0.2, -0.15) is 0 Å². The number of hydrogen-bond donors (Lipinski definition) is 0. The van der Waals surface area contributed by atoms with E-state index in [0.717, 1.165) is 11.5 Å². The maximum absolute atomic E-state index is 12.9. The van der Waals surface area contributed by atoms with Crippen molar-refractivity contribution in [3.63, 3.8) is 0 Å². The Morgan fingerprint density at radius 3 is 1.42 bits per heavy atom. The van der Waals surface area contributed by atoms with Crippen molar-refractivity contribution in [2.45, 2.75) is 12.3 Å². The van der Waals surface area contributed by atoms with Crippen molar-refractivity contribution in [1.82, 2.24) is 0 Å². The Balaban J connectivity index is 1.21. The summed E-state index contributed by atoms with van der Waals surface area (Å²) in [6.07, 6.45) is 0. The Labute approximate surface area is 252 Å². The van der Waals surface area contributed by atoms with E-state index in [1.54, 1.807) is 43.5 Å². The number of carbonyl (C=O) groups excluding carboxylic acids is 1. The Bertz CT molecular complexity index is 1870. The Morgan fingerprint density at radius 2 is 0.930 bits per heavy atom. The fourth-order valence-electron chi connectivity index (χ4n) is 6.32. The van der Waals surface area contributed by atoms with Gasteiger partial charge in [0.2, 0.25) is 0 Å². The van der Waals surface area contributed by atoms with Crippen molar-refractivity contribution in [2.75, 3.05) is 7.11 Å². The highest BCUT2D eigenvalue weighted by Crippen LogP contribution is 2.56. The molecule has 0 atom stereocenters. The van der Waals surface area contributed by atoms with E-state index in [2.05, 4.69) is 91.9 Å². The highest BCUT2D eigenvalue weighted by Gasteiger charge is 2.45. The zero-order valence-corrected chi connectivity index (χ0v) is 24.1. The van der Waals surface area contributed by atoms with Crippen molar-refractivity contribution in [2.24, 2.45) is 0 Å².